The number of aliphatic hydroxyl groups is 1. The Kier molecular flexibility index (Phi) is 8.86. The lowest BCUT2D eigenvalue weighted by Crippen LogP contribution is -2.33. The molecule has 10 nitrogen and oxygen atoms in total. The molecule has 0 unspecified atom stereocenters. The van der Waals surface area contributed by atoms with E-state index in [4.69, 9.17) is 23.7 Å². The summed E-state index contributed by atoms with van der Waals surface area (Å²) in [5.41, 5.74) is 0.872. The topological polar surface area (TPSA) is 107 Å². The second kappa shape index (κ2) is 12.3. The first-order valence-electron chi connectivity index (χ1n) is 13.1. The predicted octanol–water partition coefficient (Wildman–Crippen LogP) is 3.64. The summed E-state index contributed by atoms with van der Waals surface area (Å²) in [6.07, 6.45) is 0.652. The average molecular weight is 541 g/mol. The van der Waals surface area contributed by atoms with Crippen molar-refractivity contribution in [2.75, 3.05) is 60.7 Å². The number of aliphatic hydroxyl groups excluding tert-OH is 1. The summed E-state index contributed by atoms with van der Waals surface area (Å²) in [4.78, 5) is 30.6. The first-order valence-corrected chi connectivity index (χ1v) is 13.1. The molecular weight excluding hydrogens is 504 g/mol. The van der Waals surface area contributed by atoms with Crippen LogP contribution in [0.2, 0.25) is 0 Å². The van der Waals surface area contributed by atoms with Crippen LogP contribution in [-0.4, -0.2) is 87.3 Å². The second-order valence-electron chi connectivity index (χ2n) is 9.19. The summed E-state index contributed by atoms with van der Waals surface area (Å²) < 4.78 is 27.8. The number of amides is 1. The number of Topliss-reactive ketones (excluding diaryl/α,β-unsaturated/α-hetero) is 1. The number of hydrogen-bond acceptors (Lipinski definition) is 9. The van der Waals surface area contributed by atoms with Crippen LogP contribution >= 0.6 is 0 Å². The molecule has 1 N–H and O–H groups in total. The molecule has 2 aromatic rings. The Balaban J connectivity index is 1.83. The van der Waals surface area contributed by atoms with Gasteiger partial charge in [-0.05, 0) is 62.0 Å². The zero-order valence-electron chi connectivity index (χ0n) is 23.1. The number of carbonyl (C=O) groups is 2. The molecule has 2 heterocycles. The molecule has 0 radical (unpaired) electrons. The third-order valence-electron chi connectivity index (χ3n) is 7.13. The summed E-state index contributed by atoms with van der Waals surface area (Å²) in [5.74, 6) is 0.416. The van der Waals surface area contributed by atoms with Crippen molar-refractivity contribution in [3.8, 4) is 28.7 Å². The maximum Gasteiger partial charge on any atom is 0.295 e. The van der Waals surface area contributed by atoms with Crippen molar-refractivity contribution in [3.63, 3.8) is 0 Å². The second-order valence-corrected chi connectivity index (χ2v) is 9.19. The van der Waals surface area contributed by atoms with Gasteiger partial charge in [0.15, 0.2) is 23.0 Å². The molecule has 2 aliphatic rings. The van der Waals surface area contributed by atoms with Gasteiger partial charge in [0.2, 0.25) is 5.75 Å². The molecule has 0 spiro atoms. The van der Waals surface area contributed by atoms with Crippen molar-refractivity contribution in [3.05, 3.63) is 47.0 Å². The van der Waals surface area contributed by atoms with Gasteiger partial charge in [-0.25, -0.2) is 0 Å². The minimum Gasteiger partial charge on any atom is -0.507 e. The SMILES string of the molecule is CCN(CC)CCCN1C(=O)C(=O)C(=C(O)c2ccc3c(c2)OCCO3)[C@@H]1c1cc(OC)c(OC)c(OC)c1. The Morgan fingerprint density at radius 1 is 0.974 bits per heavy atom. The van der Waals surface area contributed by atoms with Crippen molar-refractivity contribution in [1.29, 1.82) is 0 Å². The molecule has 1 saturated heterocycles. The highest BCUT2D eigenvalue weighted by Gasteiger charge is 2.46. The number of benzene rings is 2. The van der Waals surface area contributed by atoms with Gasteiger partial charge >= 0.3 is 0 Å². The van der Waals surface area contributed by atoms with Crippen LogP contribution < -0.4 is 23.7 Å². The van der Waals surface area contributed by atoms with Crippen molar-refractivity contribution in [2.24, 2.45) is 0 Å². The molecule has 0 aliphatic carbocycles. The first kappa shape index (κ1) is 28.1. The van der Waals surface area contributed by atoms with Gasteiger partial charge in [-0.2, -0.15) is 0 Å². The maximum absolute atomic E-state index is 13.5. The smallest absolute Gasteiger partial charge is 0.295 e. The molecule has 10 heteroatoms. The number of rotatable bonds is 11. The lowest BCUT2D eigenvalue weighted by atomic mass is 9.94. The molecule has 0 bridgehead atoms. The molecule has 2 aromatic carbocycles. The van der Waals surface area contributed by atoms with Crippen molar-refractivity contribution in [2.45, 2.75) is 26.3 Å². The van der Waals surface area contributed by atoms with E-state index in [1.807, 2.05) is 0 Å². The Morgan fingerprint density at radius 2 is 1.62 bits per heavy atom. The molecule has 2 aliphatic heterocycles. The molecule has 1 amide bonds. The van der Waals surface area contributed by atoms with Gasteiger partial charge in [-0.3, -0.25) is 9.59 Å². The number of methoxy groups -OCH3 is 3. The number of likely N-dealkylation sites (tertiary alicyclic amines) is 1. The van der Waals surface area contributed by atoms with Gasteiger partial charge in [-0.15, -0.1) is 0 Å². The van der Waals surface area contributed by atoms with E-state index in [0.29, 0.717) is 66.1 Å². The van der Waals surface area contributed by atoms with E-state index in [2.05, 4.69) is 18.7 Å². The minimum atomic E-state index is -0.872. The van der Waals surface area contributed by atoms with Crippen LogP contribution in [-0.2, 0) is 9.59 Å². The Bertz CT molecular complexity index is 1230. The van der Waals surface area contributed by atoms with Crippen molar-refractivity contribution in [1.82, 2.24) is 9.80 Å². The number of ether oxygens (including phenoxy) is 5. The molecular formula is C29H36N2O8. The largest absolute Gasteiger partial charge is 0.507 e. The van der Waals surface area contributed by atoms with E-state index in [0.717, 1.165) is 19.6 Å². The number of ketones is 1. The minimum absolute atomic E-state index is 0.0196. The fraction of sp³-hybridized carbons (Fsp3) is 0.448. The molecule has 4 rings (SSSR count). The fourth-order valence-corrected chi connectivity index (χ4v) is 5.07. The zero-order valence-corrected chi connectivity index (χ0v) is 23.1. The summed E-state index contributed by atoms with van der Waals surface area (Å²) in [5, 5.41) is 11.5. The molecule has 210 valence electrons. The highest BCUT2D eigenvalue weighted by molar-refractivity contribution is 6.46. The third kappa shape index (κ3) is 5.47. The highest BCUT2D eigenvalue weighted by atomic mass is 16.6. The summed E-state index contributed by atoms with van der Waals surface area (Å²) in [6, 6.07) is 7.47. The van der Waals surface area contributed by atoms with E-state index in [1.54, 1.807) is 30.3 Å². The van der Waals surface area contributed by atoms with Crippen LogP contribution in [0.1, 0.15) is 37.4 Å². The standard InChI is InChI=1S/C29H36N2O8/c1-6-30(7-2)11-8-12-31-25(19-16-22(35-3)28(37-5)23(17-19)36-4)24(27(33)29(31)34)26(32)18-9-10-20-21(15-18)39-14-13-38-20/h9-10,15-17,25,32H,6-8,11-14H2,1-5H3/t25-/m0/s1. The normalized spacial score (nSPS) is 18.0. The van der Waals surface area contributed by atoms with Crippen LogP contribution in [0.25, 0.3) is 5.76 Å². The highest BCUT2D eigenvalue weighted by Crippen LogP contribution is 2.46. The van der Waals surface area contributed by atoms with E-state index >= 15 is 0 Å². The van der Waals surface area contributed by atoms with Crippen molar-refractivity contribution >= 4 is 17.4 Å². The van der Waals surface area contributed by atoms with Gasteiger partial charge < -0.3 is 38.6 Å². The average Bonchev–Trinajstić information content (AvgIpc) is 3.22. The maximum atomic E-state index is 13.5. The van der Waals surface area contributed by atoms with Gasteiger partial charge in [0.1, 0.15) is 19.0 Å². The molecule has 0 aromatic heterocycles. The van der Waals surface area contributed by atoms with E-state index < -0.39 is 17.7 Å². The Hall–Kier alpha value is -3.92. The predicted molar refractivity (Wildman–Crippen MR) is 145 cm³/mol. The van der Waals surface area contributed by atoms with E-state index in [1.165, 1.54) is 26.2 Å². The Labute approximate surface area is 228 Å². The van der Waals surface area contributed by atoms with Crippen LogP contribution in [0, 0.1) is 0 Å². The van der Waals surface area contributed by atoms with Gasteiger partial charge in [0.05, 0.1) is 32.9 Å². The number of carbonyl (C=O) groups excluding carboxylic acids is 2. The van der Waals surface area contributed by atoms with Crippen LogP contribution in [0.5, 0.6) is 28.7 Å². The lowest BCUT2D eigenvalue weighted by Gasteiger charge is -2.27. The monoisotopic (exact) mass is 540 g/mol. The zero-order chi connectivity index (χ0) is 28.1. The Morgan fingerprint density at radius 3 is 2.21 bits per heavy atom. The van der Waals surface area contributed by atoms with E-state index in [9.17, 15) is 14.7 Å². The quantitative estimate of drug-likeness (QED) is 0.260. The molecule has 39 heavy (non-hydrogen) atoms. The lowest BCUT2D eigenvalue weighted by molar-refractivity contribution is -0.140. The third-order valence-corrected chi connectivity index (χ3v) is 7.13. The summed E-state index contributed by atoms with van der Waals surface area (Å²) >= 11 is 0. The van der Waals surface area contributed by atoms with Crippen molar-refractivity contribution < 1.29 is 38.4 Å². The number of fused-ring (bicyclic) bond motifs is 1. The van der Waals surface area contributed by atoms with Crippen LogP contribution in [0.3, 0.4) is 0 Å². The van der Waals surface area contributed by atoms with Crippen LogP contribution in [0.4, 0.5) is 0 Å². The first-order chi connectivity index (χ1) is 18.9. The summed E-state index contributed by atoms with van der Waals surface area (Å²) in [7, 11) is 4.50. The molecule has 1 fully saturated rings. The number of nitrogens with zero attached hydrogens (tertiary/aromatic N) is 2. The van der Waals surface area contributed by atoms with Gasteiger partial charge in [0.25, 0.3) is 11.7 Å². The van der Waals surface area contributed by atoms with Gasteiger partial charge in [-0.1, -0.05) is 13.8 Å². The molecule has 0 saturated carbocycles. The van der Waals surface area contributed by atoms with Gasteiger partial charge in [0, 0.05) is 12.1 Å². The summed E-state index contributed by atoms with van der Waals surface area (Å²) in [6.45, 7) is 7.82. The molecule has 1 atom stereocenters. The van der Waals surface area contributed by atoms with Crippen LogP contribution in [0.15, 0.2) is 35.9 Å². The fourth-order valence-electron chi connectivity index (χ4n) is 5.07. The van der Waals surface area contributed by atoms with E-state index in [-0.39, 0.29) is 11.3 Å². The number of hydrogen-bond donors (Lipinski definition) is 1.